The number of thiophene rings is 1. The molecule has 2 amide bonds. The van der Waals surface area contributed by atoms with E-state index < -0.39 is 11.8 Å². The quantitative estimate of drug-likeness (QED) is 0.446. The Morgan fingerprint density at radius 3 is 2.55 bits per heavy atom. The summed E-state index contributed by atoms with van der Waals surface area (Å²) in [6.45, 7) is 2.17. The number of ketones is 1. The molecule has 0 saturated carbocycles. The fourth-order valence-corrected chi connectivity index (χ4v) is 5.79. The summed E-state index contributed by atoms with van der Waals surface area (Å²) in [7, 11) is 0. The van der Waals surface area contributed by atoms with Crippen LogP contribution in [0.4, 0.5) is 5.00 Å². The summed E-state index contributed by atoms with van der Waals surface area (Å²) in [5, 5.41) is 10.2. The number of anilines is 1. The minimum Gasteiger partial charge on any atom is -0.289 e. The first-order valence-corrected chi connectivity index (χ1v) is 11.0. The SMILES string of the molecule is CC1CCc2c(sc(N3C(=O)c4ccc(C(=O)c5ccccc5)cc4C3=O)c2C#N)C1. The molecule has 31 heavy (non-hydrogen) atoms. The van der Waals surface area contributed by atoms with Crippen LogP contribution in [0.5, 0.6) is 0 Å². The van der Waals surface area contributed by atoms with Crippen LogP contribution < -0.4 is 4.90 Å². The molecule has 152 valence electrons. The lowest BCUT2D eigenvalue weighted by Crippen LogP contribution is -2.29. The number of rotatable bonds is 3. The number of carbonyl (C=O) groups excluding carboxylic acids is 3. The molecule has 0 saturated heterocycles. The molecule has 5 rings (SSSR count). The maximum absolute atomic E-state index is 13.3. The highest BCUT2D eigenvalue weighted by molar-refractivity contribution is 7.17. The van der Waals surface area contributed by atoms with Crippen molar-refractivity contribution in [1.82, 2.24) is 0 Å². The molecule has 0 N–H and O–H groups in total. The fourth-order valence-electron chi connectivity index (χ4n) is 4.33. The number of benzene rings is 2. The Labute approximate surface area is 183 Å². The number of imide groups is 1. The van der Waals surface area contributed by atoms with Gasteiger partial charge in [0.1, 0.15) is 11.1 Å². The Morgan fingerprint density at radius 2 is 1.81 bits per heavy atom. The highest BCUT2D eigenvalue weighted by Crippen LogP contribution is 2.43. The Bertz CT molecular complexity index is 1300. The lowest BCUT2D eigenvalue weighted by Gasteiger charge is -2.17. The van der Waals surface area contributed by atoms with Gasteiger partial charge in [-0.25, -0.2) is 4.90 Å². The van der Waals surface area contributed by atoms with E-state index in [0.29, 0.717) is 27.6 Å². The van der Waals surface area contributed by atoms with E-state index in [1.807, 2.05) is 6.07 Å². The number of hydrogen-bond donors (Lipinski definition) is 0. The van der Waals surface area contributed by atoms with Gasteiger partial charge < -0.3 is 0 Å². The van der Waals surface area contributed by atoms with Crippen molar-refractivity contribution in [3.63, 3.8) is 0 Å². The van der Waals surface area contributed by atoms with Gasteiger partial charge in [-0.2, -0.15) is 5.26 Å². The van der Waals surface area contributed by atoms with Crippen LogP contribution in [0, 0.1) is 17.2 Å². The second kappa shape index (κ2) is 7.29. The van der Waals surface area contributed by atoms with E-state index in [1.165, 1.54) is 23.5 Å². The standard InChI is InChI=1S/C25H18N2O3S/c1-14-7-9-17-20(13-26)25(31-21(17)11-14)27-23(29)18-10-8-16(12-19(18)24(27)30)22(28)15-5-3-2-4-6-15/h2-6,8,10,12,14H,7,9,11H2,1H3. The zero-order chi connectivity index (χ0) is 21.7. The molecule has 1 aliphatic carbocycles. The van der Waals surface area contributed by atoms with E-state index in [2.05, 4.69) is 13.0 Å². The van der Waals surface area contributed by atoms with Gasteiger partial charge in [-0.15, -0.1) is 11.3 Å². The van der Waals surface area contributed by atoms with E-state index in [9.17, 15) is 19.6 Å². The number of hydrogen-bond acceptors (Lipinski definition) is 5. The predicted molar refractivity (Wildman–Crippen MR) is 118 cm³/mol. The lowest BCUT2D eigenvalue weighted by atomic mass is 9.88. The Kier molecular flexibility index (Phi) is 4.57. The molecule has 2 heterocycles. The molecule has 3 aromatic rings. The van der Waals surface area contributed by atoms with E-state index in [-0.39, 0.29) is 16.9 Å². The average Bonchev–Trinajstić information content (AvgIpc) is 3.26. The van der Waals surface area contributed by atoms with Crippen molar-refractivity contribution in [3.05, 3.63) is 86.8 Å². The minimum atomic E-state index is -0.481. The monoisotopic (exact) mass is 426 g/mol. The third-order valence-electron chi connectivity index (χ3n) is 5.99. The number of carbonyl (C=O) groups is 3. The van der Waals surface area contributed by atoms with Gasteiger partial charge in [-0.1, -0.05) is 43.3 Å². The zero-order valence-electron chi connectivity index (χ0n) is 16.8. The summed E-state index contributed by atoms with van der Waals surface area (Å²) in [6, 6.07) is 15.6. The van der Waals surface area contributed by atoms with Gasteiger partial charge in [0, 0.05) is 16.0 Å². The van der Waals surface area contributed by atoms with Gasteiger partial charge in [0.2, 0.25) is 0 Å². The minimum absolute atomic E-state index is 0.204. The molecule has 6 heteroatoms. The maximum atomic E-state index is 13.3. The van der Waals surface area contributed by atoms with Gasteiger partial charge in [0.15, 0.2) is 5.78 Å². The second-order valence-electron chi connectivity index (χ2n) is 8.04. The van der Waals surface area contributed by atoms with Crippen molar-refractivity contribution in [3.8, 4) is 6.07 Å². The maximum Gasteiger partial charge on any atom is 0.266 e. The van der Waals surface area contributed by atoms with E-state index in [1.54, 1.807) is 30.3 Å². The van der Waals surface area contributed by atoms with E-state index >= 15 is 0 Å². The van der Waals surface area contributed by atoms with Crippen LogP contribution in [-0.2, 0) is 12.8 Å². The van der Waals surface area contributed by atoms with Crippen LogP contribution in [0.25, 0.3) is 0 Å². The largest absolute Gasteiger partial charge is 0.289 e. The molecule has 0 fully saturated rings. The molecule has 0 spiro atoms. The molecule has 1 aliphatic heterocycles. The number of fused-ring (bicyclic) bond motifs is 2. The zero-order valence-corrected chi connectivity index (χ0v) is 17.7. The summed E-state index contributed by atoms with van der Waals surface area (Å²) in [5.41, 5.74) is 2.74. The van der Waals surface area contributed by atoms with Gasteiger partial charge in [0.05, 0.1) is 16.7 Å². The van der Waals surface area contributed by atoms with Gasteiger partial charge >= 0.3 is 0 Å². The summed E-state index contributed by atoms with van der Waals surface area (Å²) in [6.07, 6.45) is 2.63. The molecule has 5 nitrogen and oxygen atoms in total. The number of nitriles is 1. The molecule has 1 atom stereocenters. The van der Waals surface area contributed by atoms with Crippen molar-refractivity contribution in [1.29, 1.82) is 5.26 Å². The van der Waals surface area contributed by atoms with Crippen molar-refractivity contribution >= 4 is 33.9 Å². The van der Waals surface area contributed by atoms with Crippen molar-refractivity contribution in [2.45, 2.75) is 26.2 Å². The Balaban J connectivity index is 1.55. The molecule has 2 aliphatic rings. The average molecular weight is 426 g/mol. The van der Waals surface area contributed by atoms with Gasteiger partial charge in [0.25, 0.3) is 11.8 Å². The van der Waals surface area contributed by atoms with E-state index in [0.717, 1.165) is 34.6 Å². The summed E-state index contributed by atoms with van der Waals surface area (Å²) >= 11 is 1.37. The van der Waals surface area contributed by atoms with Crippen LogP contribution in [0.1, 0.15) is 66.0 Å². The smallest absolute Gasteiger partial charge is 0.266 e. The van der Waals surface area contributed by atoms with Crippen LogP contribution in [-0.4, -0.2) is 17.6 Å². The topological polar surface area (TPSA) is 78.2 Å². The van der Waals surface area contributed by atoms with Crippen LogP contribution in [0.15, 0.2) is 48.5 Å². The third-order valence-corrected chi connectivity index (χ3v) is 7.23. The Morgan fingerprint density at radius 1 is 1.06 bits per heavy atom. The summed E-state index contributed by atoms with van der Waals surface area (Å²) in [4.78, 5) is 41.4. The Hall–Kier alpha value is -3.56. The number of amides is 2. The first-order chi connectivity index (χ1) is 15.0. The fraction of sp³-hybridized carbons (Fsp3) is 0.200. The molecule has 1 unspecified atom stereocenters. The first-order valence-electron chi connectivity index (χ1n) is 10.2. The van der Waals surface area contributed by atoms with Crippen molar-refractivity contribution in [2.24, 2.45) is 5.92 Å². The van der Waals surface area contributed by atoms with Gasteiger partial charge in [-0.05, 0) is 42.9 Å². The molecule has 0 bridgehead atoms. The molecule has 1 aromatic heterocycles. The van der Waals surface area contributed by atoms with Crippen LogP contribution >= 0.6 is 11.3 Å². The second-order valence-corrected chi connectivity index (χ2v) is 9.13. The summed E-state index contributed by atoms with van der Waals surface area (Å²) < 4.78 is 0. The number of nitrogens with zero attached hydrogens (tertiary/aromatic N) is 2. The molecule has 0 radical (unpaired) electrons. The van der Waals surface area contributed by atoms with Crippen molar-refractivity contribution in [2.75, 3.05) is 4.90 Å². The molecule has 2 aromatic carbocycles. The van der Waals surface area contributed by atoms with Gasteiger partial charge in [-0.3, -0.25) is 14.4 Å². The molecular weight excluding hydrogens is 408 g/mol. The van der Waals surface area contributed by atoms with Crippen LogP contribution in [0.2, 0.25) is 0 Å². The van der Waals surface area contributed by atoms with Crippen molar-refractivity contribution < 1.29 is 14.4 Å². The first kappa shape index (κ1) is 19.4. The highest BCUT2D eigenvalue weighted by Gasteiger charge is 2.40. The normalized spacial score (nSPS) is 17.3. The predicted octanol–water partition coefficient (Wildman–Crippen LogP) is 4.78. The lowest BCUT2D eigenvalue weighted by molar-refractivity contribution is 0.0926. The van der Waals surface area contributed by atoms with Crippen LogP contribution in [0.3, 0.4) is 0 Å². The van der Waals surface area contributed by atoms with E-state index in [4.69, 9.17) is 0 Å². The third kappa shape index (κ3) is 3.01. The molecular formula is C25H18N2O3S. The highest BCUT2D eigenvalue weighted by atomic mass is 32.1. The summed E-state index contributed by atoms with van der Waals surface area (Å²) in [5.74, 6) is -0.618.